The molecule has 0 aliphatic rings. The Bertz CT molecular complexity index is 1040. The fourth-order valence-electron chi connectivity index (χ4n) is 2.55. The quantitative estimate of drug-likeness (QED) is 0.543. The molecule has 0 atom stereocenters. The van der Waals surface area contributed by atoms with Crippen molar-refractivity contribution in [1.29, 1.82) is 0 Å². The number of aromatic nitrogens is 5. The molecule has 4 aromatic rings. The number of ketones is 1. The van der Waals surface area contributed by atoms with Gasteiger partial charge in [-0.2, -0.15) is 5.10 Å². The summed E-state index contributed by atoms with van der Waals surface area (Å²) in [6.07, 6.45) is 6.67. The number of hydrogen-bond donors (Lipinski definition) is 0. The van der Waals surface area contributed by atoms with E-state index in [4.69, 9.17) is 0 Å². The lowest BCUT2D eigenvalue weighted by atomic mass is 10.1. The number of carbonyl (C=O) groups is 1. The Kier molecular flexibility index (Phi) is 3.35. The molecule has 3 heterocycles. The lowest BCUT2D eigenvalue weighted by molar-refractivity contribution is 0.101. The van der Waals surface area contributed by atoms with Crippen molar-refractivity contribution in [2.45, 2.75) is 6.92 Å². The number of carbonyl (C=O) groups excluding carboxylic acids is 1. The van der Waals surface area contributed by atoms with Crippen molar-refractivity contribution in [3.8, 4) is 22.5 Å². The van der Waals surface area contributed by atoms with Gasteiger partial charge < -0.3 is 0 Å². The van der Waals surface area contributed by atoms with Crippen LogP contribution in [-0.4, -0.2) is 30.3 Å². The molecule has 0 amide bonds. The molecular formula is C18H13N5O. The molecular weight excluding hydrogens is 302 g/mol. The molecule has 0 bridgehead atoms. The Morgan fingerprint density at radius 1 is 1.00 bits per heavy atom. The largest absolute Gasteiger partial charge is 0.295 e. The third-order valence-corrected chi connectivity index (χ3v) is 3.78. The normalized spacial score (nSPS) is 10.9. The zero-order chi connectivity index (χ0) is 16.5. The van der Waals surface area contributed by atoms with Gasteiger partial charge in [-0.1, -0.05) is 18.2 Å². The summed E-state index contributed by atoms with van der Waals surface area (Å²) in [5.74, 6) is 0.0285. The first-order valence-corrected chi connectivity index (χ1v) is 7.44. The molecule has 0 N–H and O–H groups in total. The molecule has 0 aliphatic heterocycles. The van der Waals surface area contributed by atoms with Gasteiger partial charge in [-0.3, -0.25) is 4.79 Å². The number of rotatable bonds is 3. The van der Waals surface area contributed by atoms with Crippen molar-refractivity contribution in [1.82, 2.24) is 24.6 Å². The summed E-state index contributed by atoms with van der Waals surface area (Å²) in [4.78, 5) is 24.1. The highest BCUT2D eigenvalue weighted by molar-refractivity contribution is 5.95. The number of imidazole rings is 1. The van der Waals surface area contributed by atoms with Crippen LogP contribution in [-0.2, 0) is 0 Å². The maximum absolute atomic E-state index is 11.6. The van der Waals surface area contributed by atoms with Gasteiger partial charge >= 0.3 is 0 Å². The minimum absolute atomic E-state index is 0.0285. The van der Waals surface area contributed by atoms with Crippen molar-refractivity contribution < 1.29 is 4.79 Å². The maximum Gasteiger partial charge on any atom is 0.159 e. The smallest absolute Gasteiger partial charge is 0.159 e. The van der Waals surface area contributed by atoms with Crippen LogP contribution in [0.3, 0.4) is 0 Å². The van der Waals surface area contributed by atoms with E-state index in [1.54, 1.807) is 36.1 Å². The first-order chi connectivity index (χ1) is 11.7. The zero-order valence-corrected chi connectivity index (χ0v) is 12.9. The summed E-state index contributed by atoms with van der Waals surface area (Å²) >= 11 is 0. The molecule has 3 aromatic heterocycles. The van der Waals surface area contributed by atoms with E-state index in [2.05, 4.69) is 20.1 Å². The number of benzene rings is 1. The monoisotopic (exact) mass is 315 g/mol. The van der Waals surface area contributed by atoms with Crippen molar-refractivity contribution in [3.05, 3.63) is 66.9 Å². The minimum atomic E-state index is 0.0285. The van der Waals surface area contributed by atoms with E-state index in [1.807, 2.05) is 30.3 Å². The van der Waals surface area contributed by atoms with Gasteiger partial charge in [-0.15, -0.1) is 0 Å². The Morgan fingerprint density at radius 3 is 2.62 bits per heavy atom. The van der Waals surface area contributed by atoms with Crippen LogP contribution in [0.15, 0.2) is 61.3 Å². The van der Waals surface area contributed by atoms with Crippen molar-refractivity contribution in [2.24, 2.45) is 0 Å². The van der Waals surface area contributed by atoms with Gasteiger partial charge in [0.15, 0.2) is 11.4 Å². The first kappa shape index (κ1) is 14.2. The summed E-state index contributed by atoms with van der Waals surface area (Å²) < 4.78 is 1.77. The molecule has 0 aliphatic carbocycles. The van der Waals surface area contributed by atoms with E-state index in [9.17, 15) is 4.79 Å². The maximum atomic E-state index is 11.6. The summed E-state index contributed by atoms with van der Waals surface area (Å²) in [6, 6.07) is 11.2. The average Bonchev–Trinajstić information content (AvgIpc) is 3.05. The Morgan fingerprint density at radius 2 is 1.83 bits per heavy atom. The number of hydrogen-bond acceptors (Lipinski definition) is 5. The second kappa shape index (κ2) is 5.66. The van der Waals surface area contributed by atoms with Crippen LogP contribution in [0.2, 0.25) is 0 Å². The predicted molar refractivity (Wildman–Crippen MR) is 89.5 cm³/mol. The molecule has 6 nitrogen and oxygen atoms in total. The minimum Gasteiger partial charge on any atom is -0.295 e. The van der Waals surface area contributed by atoms with Gasteiger partial charge in [0.1, 0.15) is 6.33 Å². The summed E-state index contributed by atoms with van der Waals surface area (Å²) in [5, 5.41) is 4.65. The molecule has 24 heavy (non-hydrogen) atoms. The van der Waals surface area contributed by atoms with E-state index in [-0.39, 0.29) is 5.78 Å². The number of Topliss-reactive ketones (excluding diaryl/α,β-unsaturated/α-hetero) is 1. The van der Waals surface area contributed by atoms with Gasteiger partial charge in [0, 0.05) is 29.1 Å². The molecule has 4 rings (SSSR count). The Hall–Kier alpha value is -3.41. The number of fused-ring (bicyclic) bond motifs is 1. The third kappa shape index (κ3) is 2.44. The Labute approximate surface area is 137 Å². The highest BCUT2D eigenvalue weighted by Crippen LogP contribution is 2.23. The molecule has 116 valence electrons. The molecule has 0 radical (unpaired) electrons. The highest BCUT2D eigenvalue weighted by atomic mass is 16.1. The predicted octanol–water partition coefficient (Wildman–Crippen LogP) is 3.06. The first-order valence-electron chi connectivity index (χ1n) is 7.44. The standard InChI is InChI=1S/C18H13N5O/c1-12(24)13-3-2-4-14(7-13)17-10-21-18-6-5-16(22-23(17)18)15-8-19-11-20-9-15/h2-11H,1H3. The lowest BCUT2D eigenvalue weighted by Gasteiger charge is -2.05. The molecule has 0 saturated carbocycles. The van der Waals surface area contributed by atoms with Crippen LogP contribution in [0.25, 0.3) is 28.2 Å². The number of nitrogens with zero attached hydrogens (tertiary/aromatic N) is 5. The van der Waals surface area contributed by atoms with Crippen LogP contribution in [0.4, 0.5) is 0 Å². The third-order valence-electron chi connectivity index (χ3n) is 3.78. The topological polar surface area (TPSA) is 73.0 Å². The molecule has 1 aromatic carbocycles. The van der Waals surface area contributed by atoms with Gasteiger partial charge in [0.25, 0.3) is 0 Å². The van der Waals surface area contributed by atoms with Gasteiger partial charge in [0.05, 0.1) is 17.6 Å². The van der Waals surface area contributed by atoms with E-state index < -0.39 is 0 Å². The molecule has 0 fully saturated rings. The van der Waals surface area contributed by atoms with Crippen molar-refractivity contribution in [3.63, 3.8) is 0 Å². The summed E-state index contributed by atoms with van der Waals surface area (Å²) in [5.41, 5.74) is 4.70. The summed E-state index contributed by atoms with van der Waals surface area (Å²) in [6.45, 7) is 1.55. The van der Waals surface area contributed by atoms with Crippen LogP contribution in [0.5, 0.6) is 0 Å². The van der Waals surface area contributed by atoms with E-state index in [0.717, 1.165) is 28.2 Å². The SMILES string of the molecule is CC(=O)c1cccc(-c2cnc3ccc(-c4cncnc4)nn23)c1. The lowest BCUT2D eigenvalue weighted by Crippen LogP contribution is -1.98. The second-order valence-electron chi connectivity index (χ2n) is 5.40. The van der Waals surface area contributed by atoms with Gasteiger partial charge in [0.2, 0.25) is 0 Å². The fourth-order valence-corrected chi connectivity index (χ4v) is 2.55. The fraction of sp³-hybridized carbons (Fsp3) is 0.0556. The summed E-state index contributed by atoms with van der Waals surface area (Å²) in [7, 11) is 0. The molecule has 0 unspecified atom stereocenters. The zero-order valence-electron chi connectivity index (χ0n) is 12.9. The van der Waals surface area contributed by atoms with E-state index in [1.165, 1.54) is 6.33 Å². The van der Waals surface area contributed by atoms with Crippen LogP contribution in [0.1, 0.15) is 17.3 Å². The second-order valence-corrected chi connectivity index (χ2v) is 5.40. The van der Waals surface area contributed by atoms with Crippen molar-refractivity contribution >= 4 is 11.4 Å². The Balaban J connectivity index is 1.88. The molecule has 0 spiro atoms. The molecule has 0 saturated heterocycles. The van der Waals surface area contributed by atoms with Crippen LogP contribution >= 0.6 is 0 Å². The van der Waals surface area contributed by atoms with Crippen LogP contribution in [0, 0.1) is 0 Å². The van der Waals surface area contributed by atoms with E-state index in [0.29, 0.717) is 5.56 Å². The van der Waals surface area contributed by atoms with E-state index >= 15 is 0 Å². The van der Waals surface area contributed by atoms with Crippen molar-refractivity contribution in [2.75, 3.05) is 0 Å². The van der Waals surface area contributed by atoms with Gasteiger partial charge in [-0.05, 0) is 25.1 Å². The molecule has 6 heteroatoms. The van der Waals surface area contributed by atoms with Gasteiger partial charge in [-0.25, -0.2) is 19.5 Å². The highest BCUT2D eigenvalue weighted by Gasteiger charge is 2.10. The average molecular weight is 315 g/mol. The van der Waals surface area contributed by atoms with Crippen LogP contribution < -0.4 is 0 Å².